The van der Waals surface area contributed by atoms with Crippen LogP contribution < -0.4 is 5.56 Å². The van der Waals surface area contributed by atoms with Gasteiger partial charge in [-0.25, -0.2) is 5.10 Å². The summed E-state index contributed by atoms with van der Waals surface area (Å²) < 4.78 is 0. The molecule has 13 nitrogen and oxygen atoms in total. The molecule has 0 fully saturated rings. The molecular formula is C14H9N5O8. The number of rotatable bonds is 3. The van der Waals surface area contributed by atoms with E-state index in [1.54, 1.807) is 12.3 Å². The highest BCUT2D eigenvalue weighted by atomic mass is 16.6. The van der Waals surface area contributed by atoms with E-state index in [4.69, 9.17) is 5.11 Å². The van der Waals surface area contributed by atoms with Crippen molar-refractivity contribution in [3.8, 4) is 5.75 Å². The van der Waals surface area contributed by atoms with E-state index in [2.05, 4.69) is 10.2 Å². The van der Waals surface area contributed by atoms with E-state index < -0.39 is 37.6 Å². The standard InChI is InChI=1S/C8H6N2O.C6H3N3O7/c11-8-7-4-2-1-3-6(7)5-9-10-8;10-6-4(8(13)14)1-3(7(11)12)2-5(6)9(15)16/h1-5H,(H,10,11);1-2,10H. The van der Waals surface area contributed by atoms with Gasteiger partial charge in [0.1, 0.15) is 0 Å². The van der Waals surface area contributed by atoms with Crippen LogP contribution in [0.2, 0.25) is 0 Å². The first kappa shape index (κ1) is 18.9. The number of benzene rings is 2. The lowest BCUT2D eigenvalue weighted by atomic mass is 10.2. The summed E-state index contributed by atoms with van der Waals surface area (Å²) in [5.41, 5.74) is -3.14. The number of nitro groups is 3. The number of aromatic nitrogens is 2. The van der Waals surface area contributed by atoms with Crippen LogP contribution in [0.1, 0.15) is 0 Å². The lowest BCUT2D eigenvalue weighted by Gasteiger charge is -1.97. The highest BCUT2D eigenvalue weighted by molar-refractivity contribution is 5.80. The van der Waals surface area contributed by atoms with Gasteiger partial charge in [-0.3, -0.25) is 35.1 Å². The Balaban J connectivity index is 0.000000206. The fourth-order valence-electron chi connectivity index (χ4n) is 2.01. The van der Waals surface area contributed by atoms with Gasteiger partial charge < -0.3 is 5.11 Å². The van der Waals surface area contributed by atoms with Gasteiger partial charge in [-0.05, 0) is 6.07 Å². The Bertz CT molecular complexity index is 1070. The molecule has 138 valence electrons. The third-order valence-electron chi connectivity index (χ3n) is 3.23. The van der Waals surface area contributed by atoms with Crippen molar-refractivity contribution in [2.45, 2.75) is 0 Å². The van der Waals surface area contributed by atoms with Crippen LogP contribution in [0.4, 0.5) is 17.1 Å². The molecule has 0 amide bonds. The van der Waals surface area contributed by atoms with Crippen molar-refractivity contribution < 1.29 is 19.9 Å². The van der Waals surface area contributed by atoms with Gasteiger partial charge in [-0.2, -0.15) is 5.10 Å². The van der Waals surface area contributed by atoms with Crippen molar-refractivity contribution in [3.63, 3.8) is 0 Å². The van der Waals surface area contributed by atoms with Gasteiger partial charge in [0.15, 0.2) is 0 Å². The summed E-state index contributed by atoms with van der Waals surface area (Å²) >= 11 is 0. The van der Waals surface area contributed by atoms with Crippen molar-refractivity contribution in [1.82, 2.24) is 10.2 Å². The molecule has 0 aliphatic rings. The van der Waals surface area contributed by atoms with E-state index in [1.165, 1.54) is 0 Å². The van der Waals surface area contributed by atoms with Crippen LogP contribution in [0.15, 0.2) is 47.4 Å². The smallest absolute Gasteiger partial charge is 0.324 e. The largest absolute Gasteiger partial charge is 0.497 e. The monoisotopic (exact) mass is 375 g/mol. The van der Waals surface area contributed by atoms with Gasteiger partial charge in [0, 0.05) is 10.8 Å². The van der Waals surface area contributed by atoms with Crippen molar-refractivity contribution in [3.05, 3.63) is 83.3 Å². The van der Waals surface area contributed by atoms with Crippen LogP contribution in [0.5, 0.6) is 5.75 Å². The van der Waals surface area contributed by atoms with Crippen LogP contribution in [0, 0.1) is 30.3 Å². The summed E-state index contributed by atoms with van der Waals surface area (Å²) in [7, 11) is 0. The first-order valence-electron chi connectivity index (χ1n) is 6.95. The Hall–Kier alpha value is -4.42. The molecular weight excluding hydrogens is 366 g/mol. The van der Waals surface area contributed by atoms with E-state index in [-0.39, 0.29) is 5.56 Å². The maximum absolute atomic E-state index is 11.1. The van der Waals surface area contributed by atoms with E-state index >= 15 is 0 Å². The van der Waals surface area contributed by atoms with Crippen molar-refractivity contribution in [1.29, 1.82) is 0 Å². The Morgan fingerprint density at radius 2 is 1.48 bits per heavy atom. The average molecular weight is 375 g/mol. The lowest BCUT2D eigenvalue weighted by molar-refractivity contribution is -0.404. The van der Waals surface area contributed by atoms with Gasteiger partial charge in [-0.1, -0.05) is 18.2 Å². The molecule has 0 aliphatic heterocycles. The Labute approximate surface area is 147 Å². The van der Waals surface area contributed by atoms with Crippen LogP contribution in [0.25, 0.3) is 10.8 Å². The number of H-pyrrole nitrogens is 1. The van der Waals surface area contributed by atoms with Gasteiger partial charge in [0.05, 0.1) is 33.1 Å². The second kappa shape index (κ2) is 7.64. The number of phenols is 1. The molecule has 1 aromatic heterocycles. The number of hydrogen-bond donors (Lipinski definition) is 2. The van der Waals surface area contributed by atoms with E-state index in [1.807, 2.05) is 18.2 Å². The predicted molar refractivity (Wildman–Crippen MR) is 90.4 cm³/mol. The second-order valence-electron chi connectivity index (χ2n) is 4.89. The number of phenolic OH excluding ortho intramolecular Hbond substituents is 1. The summed E-state index contributed by atoms with van der Waals surface area (Å²) in [6.07, 6.45) is 1.64. The van der Waals surface area contributed by atoms with Gasteiger partial charge >= 0.3 is 11.4 Å². The molecule has 0 saturated carbocycles. The van der Waals surface area contributed by atoms with Crippen molar-refractivity contribution in [2.24, 2.45) is 0 Å². The summed E-state index contributed by atoms with van der Waals surface area (Å²) in [6, 6.07) is 8.24. The highest BCUT2D eigenvalue weighted by Gasteiger charge is 2.30. The molecule has 0 atom stereocenters. The third kappa shape index (κ3) is 4.16. The number of fused-ring (bicyclic) bond motifs is 1. The van der Waals surface area contributed by atoms with Crippen LogP contribution in [0.3, 0.4) is 0 Å². The number of nitrogens with one attached hydrogen (secondary N) is 1. The molecule has 0 radical (unpaired) electrons. The number of aromatic amines is 1. The Kier molecular flexibility index (Phi) is 5.35. The molecule has 0 aliphatic carbocycles. The quantitative estimate of drug-likeness (QED) is 0.508. The number of non-ortho nitro benzene ring substituents is 1. The van der Waals surface area contributed by atoms with E-state index in [0.29, 0.717) is 17.5 Å². The van der Waals surface area contributed by atoms with Crippen molar-refractivity contribution in [2.75, 3.05) is 0 Å². The Morgan fingerprint density at radius 3 is 1.96 bits per heavy atom. The third-order valence-corrected chi connectivity index (χ3v) is 3.23. The highest BCUT2D eigenvalue weighted by Crippen LogP contribution is 2.38. The summed E-state index contributed by atoms with van der Waals surface area (Å²) in [5, 5.41) is 47.8. The summed E-state index contributed by atoms with van der Waals surface area (Å²) in [4.78, 5) is 38.8. The van der Waals surface area contributed by atoms with Crippen LogP contribution in [-0.2, 0) is 0 Å². The van der Waals surface area contributed by atoms with Crippen LogP contribution in [-0.4, -0.2) is 30.1 Å². The van der Waals surface area contributed by atoms with E-state index in [9.17, 15) is 35.1 Å². The SMILES string of the molecule is O=[N+]([O-])c1cc([N+](=O)[O-])c(O)c([N+](=O)[O-])c1.O=c1[nH]ncc2ccccc12. The minimum atomic E-state index is -1.21. The minimum Gasteiger partial charge on any atom is -0.497 e. The number of aromatic hydroxyl groups is 1. The summed E-state index contributed by atoms with van der Waals surface area (Å²) in [5.74, 6) is -1.21. The lowest BCUT2D eigenvalue weighted by Crippen LogP contribution is -2.06. The van der Waals surface area contributed by atoms with E-state index in [0.717, 1.165) is 5.39 Å². The molecule has 3 rings (SSSR count). The van der Waals surface area contributed by atoms with Gasteiger partial charge in [0.2, 0.25) is 0 Å². The normalized spacial score (nSPS) is 9.93. The zero-order chi connectivity index (χ0) is 20.1. The van der Waals surface area contributed by atoms with Crippen molar-refractivity contribution >= 4 is 27.8 Å². The summed E-state index contributed by atoms with van der Waals surface area (Å²) in [6.45, 7) is 0. The molecule has 0 bridgehead atoms. The zero-order valence-corrected chi connectivity index (χ0v) is 13.1. The fraction of sp³-hybridized carbons (Fsp3) is 0. The molecule has 3 aromatic rings. The molecule has 0 unspecified atom stereocenters. The maximum Gasteiger partial charge on any atom is 0.324 e. The zero-order valence-electron chi connectivity index (χ0n) is 13.1. The molecule has 27 heavy (non-hydrogen) atoms. The maximum atomic E-state index is 11.1. The molecule has 0 spiro atoms. The molecule has 1 heterocycles. The van der Waals surface area contributed by atoms with Crippen LogP contribution >= 0.6 is 0 Å². The molecule has 2 aromatic carbocycles. The minimum absolute atomic E-state index is 0.136. The molecule has 13 heteroatoms. The molecule has 2 N–H and O–H groups in total. The number of hydrogen-bond acceptors (Lipinski definition) is 9. The average Bonchev–Trinajstić information content (AvgIpc) is 2.62. The second-order valence-corrected chi connectivity index (χ2v) is 4.89. The molecule has 0 saturated heterocycles. The topological polar surface area (TPSA) is 195 Å². The number of nitro benzene ring substituents is 3. The predicted octanol–water partition coefficient (Wildman–Crippen LogP) is 2.04. The fourth-order valence-corrected chi connectivity index (χ4v) is 2.01. The Morgan fingerprint density at radius 1 is 0.926 bits per heavy atom. The van der Waals surface area contributed by atoms with Gasteiger partial charge in [-0.15, -0.1) is 0 Å². The first-order chi connectivity index (χ1) is 12.7. The first-order valence-corrected chi connectivity index (χ1v) is 6.95. The number of nitrogens with zero attached hydrogens (tertiary/aromatic N) is 4. The van der Waals surface area contributed by atoms with Gasteiger partial charge in [0.25, 0.3) is 17.0 Å².